The van der Waals surface area contributed by atoms with Gasteiger partial charge in [-0.25, -0.2) is 0 Å². The van der Waals surface area contributed by atoms with Crippen LogP contribution < -0.4 is 10.1 Å². The Balaban J connectivity index is 1.77. The fourth-order valence-electron chi connectivity index (χ4n) is 1.90. The molecule has 1 aromatic rings. The van der Waals surface area contributed by atoms with Crippen molar-refractivity contribution in [2.24, 2.45) is 0 Å². The van der Waals surface area contributed by atoms with E-state index < -0.39 is 0 Å². The average Bonchev–Trinajstić information content (AvgIpc) is 2.61. The van der Waals surface area contributed by atoms with Crippen molar-refractivity contribution in [2.45, 2.75) is 38.3 Å². The first-order valence-corrected chi connectivity index (χ1v) is 6.54. The van der Waals surface area contributed by atoms with Crippen LogP contribution in [0.5, 0.6) is 5.88 Å². The van der Waals surface area contributed by atoms with E-state index in [9.17, 15) is 0 Å². The van der Waals surface area contributed by atoms with Crippen molar-refractivity contribution in [3.63, 3.8) is 0 Å². The minimum Gasteiger partial charge on any atom is -0.480 e. The van der Waals surface area contributed by atoms with Crippen molar-refractivity contribution < 1.29 is 4.74 Å². The fraction of sp³-hybridized carbons (Fsp3) is 0.583. The summed E-state index contributed by atoms with van der Waals surface area (Å²) in [6.07, 6.45) is 9.46. The maximum atomic E-state index is 5.07. The molecular weight excluding hydrogens is 220 g/mol. The second kappa shape index (κ2) is 6.01. The standard InChI is InChI=1S/C12H18N2OS/c1-15-12-8-11(16-14-12)9-13-10-6-4-2-3-5-7-10/h2-3,8,10,13H,4-7,9H2,1H3. The molecule has 0 amide bonds. The van der Waals surface area contributed by atoms with Crippen LogP contribution in [0.25, 0.3) is 0 Å². The summed E-state index contributed by atoms with van der Waals surface area (Å²) in [5, 5.41) is 3.59. The average molecular weight is 238 g/mol. The van der Waals surface area contributed by atoms with Crippen molar-refractivity contribution in [2.75, 3.05) is 7.11 Å². The van der Waals surface area contributed by atoms with Gasteiger partial charge in [-0.3, -0.25) is 0 Å². The van der Waals surface area contributed by atoms with Crippen molar-refractivity contribution in [3.05, 3.63) is 23.1 Å². The van der Waals surface area contributed by atoms with Gasteiger partial charge in [-0.1, -0.05) is 12.2 Å². The Kier molecular flexibility index (Phi) is 4.36. The Morgan fingerprint density at radius 1 is 1.44 bits per heavy atom. The van der Waals surface area contributed by atoms with Crippen molar-refractivity contribution >= 4 is 11.5 Å². The molecular formula is C12H18N2OS. The number of ether oxygens (including phenoxy) is 1. The van der Waals surface area contributed by atoms with Crippen LogP contribution in [0.2, 0.25) is 0 Å². The van der Waals surface area contributed by atoms with Crippen LogP contribution in [0.1, 0.15) is 30.6 Å². The van der Waals surface area contributed by atoms with Crippen LogP contribution in [0.4, 0.5) is 0 Å². The van der Waals surface area contributed by atoms with E-state index in [-0.39, 0.29) is 0 Å². The van der Waals surface area contributed by atoms with Crippen LogP contribution in [0, 0.1) is 0 Å². The zero-order chi connectivity index (χ0) is 11.2. The second-order valence-corrected chi connectivity index (χ2v) is 4.93. The van der Waals surface area contributed by atoms with Gasteiger partial charge < -0.3 is 10.1 Å². The highest BCUT2D eigenvalue weighted by Crippen LogP contribution is 2.17. The van der Waals surface area contributed by atoms with Crippen LogP contribution >= 0.6 is 11.5 Å². The lowest BCUT2D eigenvalue weighted by Gasteiger charge is -2.14. The molecule has 3 nitrogen and oxygen atoms in total. The quantitative estimate of drug-likeness (QED) is 0.819. The van der Waals surface area contributed by atoms with Crippen LogP contribution in [-0.2, 0) is 6.54 Å². The molecule has 1 heterocycles. The molecule has 16 heavy (non-hydrogen) atoms. The molecule has 1 aliphatic rings. The Labute approximate surface area is 101 Å². The number of nitrogens with zero attached hydrogens (tertiary/aromatic N) is 1. The number of hydrogen-bond acceptors (Lipinski definition) is 4. The summed E-state index contributed by atoms with van der Waals surface area (Å²) in [4.78, 5) is 1.24. The van der Waals surface area contributed by atoms with E-state index in [1.165, 1.54) is 42.1 Å². The lowest BCUT2D eigenvalue weighted by molar-refractivity contribution is 0.402. The topological polar surface area (TPSA) is 34.1 Å². The van der Waals surface area contributed by atoms with Gasteiger partial charge in [0.25, 0.3) is 0 Å². The first-order valence-electron chi connectivity index (χ1n) is 5.76. The van der Waals surface area contributed by atoms with Gasteiger partial charge in [0.1, 0.15) is 0 Å². The molecule has 0 bridgehead atoms. The van der Waals surface area contributed by atoms with E-state index >= 15 is 0 Å². The minimum absolute atomic E-state index is 0.642. The number of aromatic nitrogens is 1. The zero-order valence-corrected chi connectivity index (χ0v) is 10.4. The van der Waals surface area contributed by atoms with Gasteiger partial charge in [0, 0.05) is 23.5 Å². The van der Waals surface area contributed by atoms with E-state index in [1.54, 1.807) is 7.11 Å². The molecule has 0 fully saturated rings. The van der Waals surface area contributed by atoms with Gasteiger partial charge in [0.2, 0.25) is 5.88 Å². The number of hydrogen-bond donors (Lipinski definition) is 1. The van der Waals surface area contributed by atoms with E-state index in [1.807, 2.05) is 6.07 Å². The van der Waals surface area contributed by atoms with Gasteiger partial charge in [-0.2, -0.15) is 4.37 Å². The molecule has 0 aliphatic heterocycles. The lowest BCUT2D eigenvalue weighted by atomic mass is 10.1. The second-order valence-electron chi connectivity index (χ2n) is 4.04. The van der Waals surface area contributed by atoms with Gasteiger partial charge >= 0.3 is 0 Å². The van der Waals surface area contributed by atoms with Gasteiger partial charge in [-0.15, -0.1) is 0 Å². The first kappa shape index (κ1) is 11.6. The van der Waals surface area contributed by atoms with E-state index in [0.717, 1.165) is 12.4 Å². The molecule has 0 unspecified atom stereocenters. The monoisotopic (exact) mass is 238 g/mol. The molecule has 1 aliphatic carbocycles. The minimum atomic E-state index is 0.642. The van der Waals surface area contributed by atoms with Gasteiger partial charge in [0.05, 0.1) is 7.11 Å². The number of allylic oxidation sites excluding steroid dienone is 2. The summed E-state index contributed by atoms with van der Waals surface area (Å²) >= 11 is 1.51. The number of nitrogens with one attached hydrogen (secondary N) is 1. The molecule has 0 aromatic carbocycles. The third-order valence-corrected chi connectivity index (χ3v) is 3.61. The Hall–Kier alpha value is -0.870. The van der Waals surface area contributed by atoms with Crippen LogP contribution in [0.15, 0.2) is 18.2 Å². The third kappa shape index (κ3) is 3.32. The molecule has 88 valence electrons. The largest absolute Gasteiger partial charge is 0.480 e. The summed E-state index contributed by atoms with van der Waals surface area (Å²) in [6.45, 7) is 0.908. The Morgan fingerprint density at radius 3 is 2.81 bits per heavy atom. The zero-order valence-electron chi connectivity index (χ0n) is 9.61. The van der Waals surface area contributed by atoms with Crippen LogP contribution in [0.3, 0.4) is 0 Å². The smallest absolute Gasteiger partial charge is 0.225 e. The van der Waals surface area contributed by atoms with E-state index in [0.29, 0.717) is 6.04 Å². The molecule has 0 atom stereocenters. The number of rotatable bonds is 4. The molecule has 0 radical (unpaired) electrons. The molecule has 0 spiro atoms. The number of methoxy groups -OCH3 is 1. The Morgan fingerprint density at radius 2 is 2.19 bits per heavy atom. The molecule has 1 N–H and O–H groups in total. The summed E-state index contributed by atoms with van der Waals surface area (Å²) in [5.74, 6) is 0.726. The molecule has 2 rings (SSSR count). The highest BCUT2D eigenvalue weighted by molar-refractivity contribution is 7.05. The van der Waals surface area contributed by atoms with Crippen LogP contribution in [-0.4, -0.2) is 17.5 Å². The van der Waals surface area contributed by atoms with Crippen molar-refractivity contribution in [1.82, 2.24) is 9.69 Å². The third-order valence-electron chi connectivity index (χ3n) is 2.84. The van der Waals surface area contributed by atoms with Gasteiger partial charge in [-0.05, 0) is 37.2 Å². The first-order chi connectivity index (χ1) is 7.88. The maximum absolute atomic E-state index is 5.07. The Bertz CT molecular complexity index is 339. The van der Waals surface area contributed by atoms with Crippen molar-refractivity contribution in [3.8, 4) is 5.88 Å². The normalized spacial score (nSPS) is 17.3. The summed E-state index contributed by atoms with van der Waals surface area (Å²) in [6, 6.07) is 2.65. The predicted octanol–water partition coefficient (Wildman–Crippen LogP) is 2.74. The highest BCUT2D eigenvalue weighted by atomic mass is 32.1. The summed E-state index contributed by atoms with van der Waals surface area (Å²) in [5.41, 5.74) is 0. The molecule has 1 aromatic heterocycles. The van der Waals surface area contributed by atoms with E-state index in [2.05, 4.69) is 21.8 Å². The summed E-state index contributed by atoms with van der Waals surface area (Å²) < 4.78 is 9.25. The SMILES string of the molecule is COc1cc(CNC2CCC=CCC2)sn1. The maximum Gasteiger partial charge on any atom is 0.225 e. The molecule has 4 heteroatoms. The van der Waals surface area contributed by atoms with E-state index in [4.69, 9.17) is 4.74 Å². The van der Waals surface area contributed by atoms with Gasteiger partial charge in [0.15, 0.2) is 0 Å². The summed E-state index contributed by atoms with van der Waals surface area (Å²) in [7, 11) is 1.66. The molecule has 0 saturated carbocycles. The fourth-order valence-corrected chi connectivity index (χ4v) is 2.53. The lowest BCUT2D eigenvalue weighted by Crippen LogP contribution is -2.27. The molecule has 0 saturated heterocycles. The highest BCUT2D eigenvalue weighted by Gasteiger charge is 2.09. The van der Waals surface area contributed by atoms with Crippen molar-refractivity contribution in [1.29, 1.82) is 0 Å². The predicted molar refractivity (Wildman–Crippen MR) is 66.9 cm³/mol.